The molecule has 1 aromatic carbocycles. The van der Waals surface area contributed by atoms with Crippen molar-refractivity contribution < 1.29 is 4.42 Å². The number of rotatable bonds is 3. The second-order valence-electron chi connectivity index (χ2n) is 7.85. The van der Waals surface area contributed by atoms with Crippen LogP contribution in [0.1, 0.15) is 32.1 Å². The normalized spacial score (nSPS) is 12.6. The molecule has 0 atom stereocenters. The SMILES string of the molecule is Cn1c(=O)n(CC=Cc2ccccc2)c(=O)c2c1nc1oc(C(C)(C)C)cn12. The van der Waals surface area contributed by atoms with E-state index in [4.69, 9.17) is 4.42 Å². The molecule has 0 bridgehead atoms. The van der Waals surface area contributed by atoms with Crippen LogP contribution in [0.4, 0.5) is 0 Å². The van der Waals surface area contributed by atoms with E-state index in [1.807, 2.05) is 57.2 Å². The molecule has 0 unspecified atom stereocenters. The van der Waals surface area contributed by atoms with Gasteiger partial charge in [0, 0.05) is 19.0 Å². The minimum absolute atomic E-state index is 0.174. The highest BCUT2D eigenvalue weighted by molar-refractivity contribution is 5.74. The summed E-state index contributed by atoms with van der Waals surface area (Å²) in [5.41, 5.74) is 0.647. The second kappa shape index (κ2) is 6.37. The fourth-order valence-electron chi connectivity index (χ4n) is 3.12. The number of imidazole rings is 1. The molecule has 3 heterocycles. The van der Waals surface area contributed by atoms with Gasteiger partial charge in [0.15, 0.2) is 11.2 Å². The van der Waals surface area contributed by atoms with Crippen LogP contribution in [0.15, 0.2) is 56.6 Å². The number of benzene rings is 1. The third-order valence-electron chi connectivity index (χ3n) is 4.73. The molecule has 0 radical (unpaired) electrons. The standard InChI is InChI=1S/C21H22N4O3/c1-21(2,3)15-13-25-16-17(22-19(25)28-15)23(4)20(27)24(18(16)26)12-8-11-14-9-6-5-7-10-14/h5-11,13H,12H2,1-4H3. The van der Waals surface area contributed by atoms with Crippen LogP contribution in [0.25, 0.3) is 23.1 Å². The van der Waals surface area contributed by atoms with Crippen LogP contribution >= 0.6 is 0 Å². The molecular weight excluding hydrogens is 356 g/mol. The second-order valence-corrected chi connectivity index (χ2v) is 7.85. The lowest BCUT2D eigenvalue weighted by atomic mass is 9.94. The van der Waals surface area contributed by atoms with Crippen LogP contribution in [0.5, 0.6) is 0 Å². The number of aromatic nitrogens is 4. The van der Waals surface area contributed by atoms with Gasteiger partial charge in [-0.15, -0.1) is 0 Å². The molecule has 0 saturated heterocycles. The Balaban J connectivity index is 1.86. The Kier molecular flexibility index (Phi) is 4.10. The zero-order valence-electron chi connectivity index (χ0n) is 16.3. The first-order valence-electron chi connectivity index (χ1n) is 9.11. The van der Waals surface area contributed by atoms with Gasteiger partial charge in [-0.1, -0.05) is 63.3 Å². The van der Waals surface area contributed by atoms with Crippen molar-refractivity contribution in [3.63, 3.8) is 0 Å². The van der Waals surface area contributed by atoms with Crippen LogP contribution < -0.4 is 11.2 Å². The Hall–Kier alpha value is -3.35. The summed E-state index contributed by atoms with van der Waals surface area (Å²) in [6, 6.07) is 9.73. The molecule has 0 aliphatic carbocycles. The van der Waals surface area contributed by atoms with Crippen LogP contribution in [-0.2, 0) is 19.0 Å². The molecule has 0 spiro atoms. The summed E-state index contributed by atoms with van der Waals surface area (Å²) in [6.07, 6.45) is 5.47. The van der Waals surface area contributed by atoms with Crippen molar-refractivity contribution in [1.29, 1.82) is 0 Å². The third-order valence-corrected chi connectivity index (χ3v) is 4.73. The van der Waals surface area contributed by atoms with Crippen molar-refractivity contribution in [1.82, 2.24) is 18.5 Å². The van der Waals surface area contributed by atoms with Crippen molar-refractivity contribution in [2.24, 2.45) is 7.05 Å². The molecule has 4 rings (SSSR count). The van der Waals surface area contributed by atoms with Crippen molar-refractivity contribution in [2.75, 3.05) is 0 Å². The molecule has 0 fully saturated rings. The maximum absolute atomic E-state index is 13.1. The molecule has 0 saturated carbocycles. The van der Waals surface area contributed by atoms with Gasteiger partial charge in [-0.3, -0.25) is 18.3 Å². The average molecular weight is 378 g/mol. The van der Waals surface area contributed by atoms with Crippen LogP contribution in [-0.4, -0.2) is 18.5 Å². The molecule has 0 amide bonds. The van der Waals surface area contributed by atoms with Gasteiger partial charge in [-0.2, -0.15) is 4.98 Å². The molecular formula is C21H22N4O3. The van der Waals surface area contributed by atoms with Crippen molar-refractivity contribution in [3.05, 3.63) is 74.8 Å². The minimum atomic E-state index is -0.410. The topological polar surface area (TPSA) is 74.4 Å². The summed E-state index contributed by atoms with van der Waals surface area (Å²) >= 11 is 0. The van der Waals surface area contributed by atoms with E-state index in [2.05, 4.69) is 4.98 Å². The number of nitrogens with zero attached hydrogens (tertiary/aromatic N) is 4. The smallest absolute Gasteiger partial charge is 0.332 e. The van der Waals surface area contributed by atoms with Crippen LogP contribution in [0.2, 0.25) is 0 Å². The highest BCUT2D eigenvalue weighted by Crippen LogP contribution is 2.26. The molecule has 0 N–H and O–H groups in total. The lowest BCUT2D eigenvalue weighted by Crippen LogP contribution is -2.39. The van der Waals surface area contributed by atoms with Crippen LogP contribution in [0.3, 0.4) is 0 Å². The van der Waals surface area contributed by atoms with Gasteiger partial charge in [-0.05, 0) is 5.56 Å². The van der Waals surface area contributed by atoms with Crippen LogP contribution in [0, 0.1) is 0 Å². The van der Waals surface area contributed by atoms with E-state index in [-0.39, 0.29) is 17.5 Å². The maximum atomic E-state index is 13.1. The molecule has 144 valence electrons. The summed E-state index contributed by atoms with van der Waals surface area (Å²) in [5.74, 6) is 1.03. The van der Waals surface area contributed by atoms with E-state index in [1.165, 1.54) is 9.13 Å². The molecule has 7 heteroatoms. The van der Waals surface area contributed by atoms with Gasteiger partial charge in [0.25, 0.3) is 5.56 Å². The quantitative estimate of drug-likeness (QED) is 0.549. The van der Waals surface area contributed by atoms with E-state index in [1.54, 1.807) is 23.7 Å². The lowest BCUT2D eigenvalue weighted by molar-refractivity contribution is 0.425. The highest BCUT2D eigenvalue weighted by Gasteiger charge is 2.24. The van der Waals surface area contributed by atoms with Gasteiger partial charge in [0.1, 0.15) is 5.76 Å². The summed E-state index contributed by atoms with van der Waals surface area (Å²) in [6.45, 7) is 6.25. The fourth-order valence-corrected chi connectivity index (χ4v) is 3.12. The molecule has 3 aromatic heterocycles. The van der Waals surface area contributed by atoms with Gasteiger partial charge >= 0.3 is 11.5 Å². The highest BCUT2D eigenvalue weighted by atomic mass is 16.4. The van der Waals surface area contributed by atoms with Gasteiger partial charge in [-0.25, -0.2) is 4.79 Å². The van der Waals surface area contributed by atoms with Crippen molar-refractivity contribution in [3.8, 4) is 0 Å². The summed E-state index contributed by atoms with van der Waals surface area (Å²) < 4.78 is 10.0. The zero-order valence-corrected chi connectivity index (χ0v) is 16.3. The number of oxazole rings is 1. The largest absolute Gasteiger partial charge is 0.428 e. The first kappa shape index (κ1) is 18.0. The lowest BCUT2D eigenvalue weighted by Gasteiger charge is -2.13. The Bertz CT molecular complexity index is 1310. The Morgan fingerprint density at radius 2 is 1.86 bits per heavy atom. The van der Waals surface area contributed by atoms with E-state index < -0.39 is 5.69 Å². The Labute approximate surface area is 161 Å². The predicted molar refractivity (Wildman–Crippen MR) is 109 cm³/mol. The summed E-state index contributed by atoms with van der Waals surface area (Å²) in [7, 11) is 1.61. The summed E-state index contributed by atoms with van der Waals surface area (Å²) in [4.78, 5) is 30.1. The van der Waals surface area contributed by atoms with Gasteiger partial charge in [0.05, 0.1) is 6.20 Å². The minimum Gasteiger partial charge on any atom is -0.428 e. The maximum Gasteiger partial charge on any atom is 0.332 e. The first-order chi connectivity index (χ1) is 13.3. The third kappa shape index (κ3) is 2.89. The Morgan fingerprint density at radius 3 is 2.54 bits per heavy atom. The molecule has 4 aromatic rings. The molecule has 7 nitrogen and oxygen atoms in total. The number of allylic oxidation sites excluding steroid dienone is 1. The number of hydrogen-bond donors (Lipinski definition) is 0. The van der Waals surface area contributed by atoms with Crippen molar-refractivity contribution >= 4 is 23.1 Å². The average Bonchev–Trinajstić information content (AvgIpc) is 3.21. The number of fused-ring (bicyclic) bond motifs is 3. The monoisotopic (exact) mass is 378 g/mol. The first-order valence-corrected chi connectivity index (χ1v) is 9.11. The molecule has 0 aliphatic heterocycles. The zero-order chi connectivity index (χ0) is 20.1. The molecule has 28 heavy (non-hydrogen) atoms. The Morgan fingerprint density at radius 1 is 1.14 bits per heavy atom. The molecule has 0 aliphatic rings. The van der Waals surface area contributed by atoms with Crippen molar-refractivity contribution in [2.45, 2.75) is 32.7 Å². The van der Waals surface area contributed by atoms with E-state index in [0.717, 1.165) is 11.3 Å². The van der Waals surface area contributed by atoms with E-state index in [0.29, 0.717) is 17.0 Å². The number of hydrogen-bond acceptors (Lipinski definition) is 4. The van der Waals surface area contributed by atoms with E-state index in [9.17, 15) is 9.59 Å². The number of aryl methyl sites for hydroxylation is 1. The van der Waals surface area contributed by atoms with E-state index >= 15 is 0 Å². The fraction of sp³-hybridized carbons (Fsp3) is 0.286. The van der Waals surface area contributed by atoms with Gasteiger partial charge < -0.3 is 4.42 Å². The predicted octanol–water partition coefficient (Wildman–Crippen LogP) is 2.95. The van der Waals surface area contributed by atoms with Gasteiger partial charge in [0.2, 0.25) is 0 Å². The summed E-state index contributed by atoms with van der Waals surface area (Å²) in [5, 5.41) is 0.